The van der Waals surface area contributed by atoms with E-state index in [2.05, 4.69) is 17.0 Å². The molecule has 3 aromatic rings. The fourth-order valence-corrected chi connectivity index (χ4v) is 4.49. The highest BCUT2D eigenvalue weighted by molar-refractivity contribution is 7.22. The minimum atomic E-state index is -0.446. The zero-order valence-corrected chi connectivity index (χ0v) is 19.0. The molecule has 0 aliphatic rings. The molecule has 0 spiro atoms. The first-order valence-electron chi connectivity index (χ1n) is 10.0. The Morgan fingerprint density at radius 2 is 1.97 bits per heavy atom. The van der Waals surface area contributed by atoms with Gasteiger partial charge in [0, 0.05) is 24.8 Å². The molecule has 0 radical (unpaired) electrons. The number of rotatable bonds is 8. The van der Waals surface area contributed by atoms with Crippen LogP contribution in [0.5, 0.6) is 0 Å². The molecule has 0 saturated heterocycles. The first-order valence-corrected chi connectivity index (χ1v) is 10.8. The average molecular weight is 439 g/mol. The van der Waals surface area contributed by atoms with Gasteiger partial charge in [-0.2, -0.15) is 0 Å². The van der Waals surface area contributed by atoms with Crippen LogP contribution in [0.2, 0.25) is 0 Å². The summed E-state index contributed by atoms with van der Waals surface area (Å²) in [6.07, 6.45) is 3.87. The Morgan fingerprint density at radius 1 is 1.19 bits per heavy atom. The summed E-state index contributed by atoms with van der Waals surface area (Å²) in [6.45, 7) is 5.46. The maximum Gasteiger partial charge on any atom is 0.270 e. The van der Waals surface area contributed by atoms with Crippen LogP contribution >= 0.6 is 11.3 Å². The number of aromatic nitrogens is 1. The third kappa shape index (κ3) is 5.74. The number of hydrogen-bond acceptors (Lipinski definition) is 6. The van der Waals surface area contributed by atoms with Gasteiger partial charge in [-0.05, 0) is 69.7 Å². The van der Waals surface area contributed by atoms with E-state index in [-0.39, 0.29) is 11.6 Å². The number of fused-ring (bicyclic) bond motifs is 1. The standard InChI is InChI=1S/C23H26N4O3S/c1-16-13-17(2)22-20(14-16)31-23(24-22)26(12-6-11-25(3)4)21(28)10-9-18-7-5-8-19(15-18)27(29)30/h5,7-10,13-15H,6,11-12H2,1-4H3/b10-9+. The van der Waals surface area contributed by atoms with E-state index >= 15 is 0 Å². The van der Waals surface area contributed by atoms with E-state index in [1.807, 2.05) is 27.9 Å². The molecule has 8 heteroatoms. The van der Waals surface area contributed by atoms with Crippen LogP contribution in [0.1, 0.15) is 23.1 Å². The zero-order chi connectivity index (χ0) is 22.5. The highest BCUT2D eigenvalue weighted by atomic mass is 32.1. The molecular formula is C23H26N4O3S. The second-order valence-corrected chi connectivity index (χ2v) is 8.77. The number of benzene rings is 2. The Balaban J connectivity index is 1.89. The number of thiazole rings is 1. The number of hydrogen-bond donors (Lipinski definition) is 0. The summed E-state index contributed by atoms with van der Waals surface area (Å²) in [7, 11) is 4.00. The summed E-state index contributed by atoms with van der Waals surface area (Å²) < 4.78 is 1.06. The van der Waals surface area contributed by atoms with Crippen molar-refractivity contribution in [2.75, 3.05) is 32.1 Å². The Kier molecular flexibility index (Phi) is 7.14. The molecule has 7 nitrogen and oxygen atoms in total. The molecule has 1 aromatic heterocycles. The molecule has 0 fully saturated rings. The molecule has 1 heterocycles. The third-order valence-corrected chi connectivity index (χ3v) is 5.83. The van der Waals surface area contributed by atoms with Gasteiger partial charge in [-0.1, -0.05) is 29.5 Å². The number of carbonyl (C=O) groups is 1. The summed E-state index contributed by atoms with van der Waals surface area (Å²) in [5.41, 5.74) is 3.77. The van der Waals surface area contributed by atoms with E-state index in [1.165, 1.54) is 29.5 Å². The molecule has 31 heavy (non-hydrogen) atoms. The van der Waals surface area contributed by atoms with E-state index in [4.69, 9.17) is 4.98 Å². The van der Waals surface area contributed by atoms with Crippen molar-refractivity contribution in [2.24, 2.45) is 0 Å². The van der Waals surface area contributed by atoms with Crippen LogP contribution in [0.25, 0.3) is 16.3 Å². The van der Waals surface area contributed by atoms with Gasteiger partial charge in [0.15, 0.2) is 5.13 Å². The summed E-state index contributed by atoms with van der Waals surface area (Å²) in [5.74, 6) is -0.196. The zero-order valence-electron chi connectivity index (χ0n) is 18.2. The number of nitro groups is 1. The number of nitrogens with zero attached hydrogens (tertiary/aromatic N) is 4. The van der Waals surface area contributed by atoms with Gasteiger partial charge in [0.1, 0.15) is 0 Å². The van der Waals surface area contributed by atoms with Crippen molar-refractivity contribution < 1.29 is 9.72 Å². The molecule has 0 N–H and O–H groups in total. The van der Waals surface area contributed by atoms with E-state index in [9.17, 15) is 14.9 Å². The maximum absolute atomic E-state index is 13.1. The Hall–Kier alpha value is -3.10. The van der Waals surface area contributed by atoms with Gasteiger partial charge in [-0.25, -0.2) is 4.98 Å². The van der Waals surface area contributed by atoms with Crippen LogP contribution in [0.15, 0.2) is 42.5 Å². The minimum absolute atomic E-state index is 0.00513. The summed E-state index contributed by atoms with van der Waals surface area (Å²) in [5, 5.41) is 11.7. The van der Waals surface area contributed by atoms with Crippen molar-refractivity contribution in [1.29, 1.82) is 0 Å². The number of amides is 1. The fraction of sp³-hybridized carbons (Fsp3) is 0.304. The van der Waals surface area contributed by atoms with E-state index in [0.717, 1.165) is 34.3 Å². The Labute approximate surface area is 185 Å². The Morgan fingerprint density at radius 3 is 2.68 bits per heavy atom. The van der Waals surface area contributed by atoms with Crippen LogP contribution < -0.4 is 4.90 Å². The molecule has 3 rings (SSSR count). The smallest absolute Gasteiger partial charge is 0.270 e. The van der Waals surface area contributed by atoms with Crippen molar-refractivity contribution in [3.63, 3.8) is 0 Å². The van der Waals surface area contributed by atoms with Gasteiger partial charge in [0.2, 0.25) is 0 Å². The first-order chi connectivity index (χ1) is 14.7. The van der Waals surface area contributed by atoms with Crippen LogP contribution in [-0.2, 0) is 4.79 Å². The summed E-state index contributed by atoms with van der Waals surface area (Å²) >= 11 is 1.51. The van der Waals surface area contributed by atoms with Crippen molar-refractivity contribution in [1.82, 2.24) is 9.88 Å². The molecule has 0 atom stereocenters. The lowest BCUT2D eigenvalue weighted by molar-refractivity contribution is -0.384. The molecule has 0 saturated carbocycles. The van der Waals surface area contributed by atoms with E-state index in [1.54, 1.807) is 23.1 Å². The molecule has 1 amide bonds. The van der Waals surface area contributed by atoms with Crippen LogP contribution in [0.4, 0.5) is 10.8 Å². The number of nitro benzene ring substituents is 1. The molecule has 0 aliphatic carbocycles. The molecule has 0 unspecified atom stereocenters. The first kappa shape index (κ1) is 22.6. The predicted octanol–water partition coefficient (Wildman–Crippen LogP) is 4.82. The lowest BCUT2D eigenvalue weighted by Crippen LogP contribution is -2.32. The maximum atomic E-state index is 13.1. The second-order valence-electron chi connectivity index (χ2n) is 7.76. The van der Waals surface area contributed by atoms with Gasteiger partial charge >= 0.3 is 0 Å². The molecular weight excluding hydrogens is 412 g/mol. The van der Waals surface area contributed by atoms with E-state index in [0.29, 0.717) is 17.2 Å². The fourth-order valence-electron chi connectivity index (χ4n) is 3.32. The SMILES string of the molecule is Cc1cc(C)c2nc(N(CCCN(C)C)C(=O)/C=C/c3cccc([N+](=O)[O-])c3)sc2c1. The number of aryl methyl sites for hydroxylation is 2. The molecule has 0 aliphatic heterocycles. The number of non-ortho nitro benzene ring substituents is 1. The van der Waals surface area contributed by atoms with Gasteiger partial charge < -0.3 is 4.90 Å². The van der Waals surface area contributed by atoms with Crippen LogP contribution in [0.3, 0.4) is 0 Å². The highest BCUT2D eigenvalue weighted by Crippen LogP contribution is 2.32. The number of carbonyl (C=O) groups excluding carboxylic acids is 1. The largest absolute Gasteiger partial charge is 0.309 e. The van der Waals surface area contributed by atoms with Crippen LogP contribution in [0, 0.1) is 24.0 Å². The topological polar surface area (TPSA) is 79.6 Å². The predicted molar refractivity (Wildman–Crippen MR) is 127 cm³/mol. The molecule has 2 aromatic carbocycles. The molecule has 162 valence electrons. The molecule has 0 bridgehead atoms. The Bertz CT molecular complexity index is 1140. The van der Waals surface area contributed by atoms with Gasteiger partial charge in [-0.3, -0.25) is 19.8 Å². The average Bonchev–Trinajstić information content (AvgIpc) is 3.13. The van der Waals surface area contributed by atoms with Crippen molar-refractivity contribution >= 4 is 44.4 Å². The van der Waals surface area contributed by atoms with Crippen molar-refractivity contribution in [3.8, 4) is 0 Å². The monoisotopic (exact) mass is 438 g/mol. The second kappa shape index (κ2) is 9.80. The minimum Gasteiger partial charge on any atom is -0.309 e. The van der Waals surface area contributed by atoms with Crippen LogP contribution in [-0.4, -0.2) is 47.9 Å². The highest BCUT2D eigenvalue weighted by Gasteiger charge is 2.19. The number of anilines is 1. The lowest BCUT2D eigenvalue weighted by Gasteiger charge is -2.19. The van der Waals surface area contributed by atoms with Gasteiger partial charge in [0.25, 0.3) is 11.6 Å². The quantitative estimate of drug-likeness (QED) is 0.286. The van der Waals surface area contributed by atoms with Gasteiger partial charge in [-0.15, -0.1) is 0 Å². The third-order valence-electron chi connectivity index (χ3n) is 4.80. The normalized spacial score (nSPS) is 11.5. The van der Waals surface area contributed by atoms with Crippen molar-refractivity contribution in [2.45, 2.75) is 20.3 Å². The van der Waals surface area contributed by atoms with E-state index < -0.39 is 4.92 Å². The van der Waals surface area contributed by atoms with Crippen molar-refractivity contribution in [3.05, 3.63) is 69.3 Å². The summed E-state index contributed by atoms with van der Waals surface area (Å²) in [4.78, 5) is 32.2. The van der Waals surface area contributed by atoms with Gasteiger partial charge in [0.05, 0.1) is 15.1 Å². The lowest BCUT2D eigenvalue weighted by atomic mass is 10.1. The summed E-state index contributed by atoms with van der Waals surface area (Å²) in [6, 6.07) is 10.4.